The van der Waals surface area contributed by atoms with E-state index in [1.807, 2.05) is 0 Å². The molecule has 2 atom stereocenters. The molecule has 0 spiro atoms. The second-order valence-electron chi connectivity index (χ2n) is 4.46. The van der Waals surface area contributed by atoms with Crippen molar-refractivity contribution in [3.8, 4) is 0 Å². The average Bonchev–Trinajstić information content (AvgIpc) is 2.25. The van der Waals surface area contributed by atoms with E-state index in [1.54, 1.807) is 0 Å². The van der Waals surface area contributed by atoms with Gasteiger partial charge >= 0.3 is 0 Å². The summed E-state index contributed by atoms with van der Waals surface area (Å²) >= 11 is 0. The fourth-order valence-electron chi connectivity index (χ4n) is 2.32. The highest BCUT2D eigenvalue weighted by Crippen LogP contribution is 2.28. The second-order valence-corrected chi connectivity index (χ2v) is 4.46. The Balaban J connectivity index is 2.19. The van der Waals surface area contributed by atoms with Gasteiger partial charge in [0.2, 0.25) is 0 Å². The van der Waals surface area contributed by atoms with Gasteiger partial charge in [0.1, 0.15) is 0 Å². The van der Waals surface area contributed by atoms with E-state index in [9.17, 15) is 5.11 Å². The first-order valence-electron chi connectivity index (χ1n) is 6.16. The van der Waals surface area contributed by atoms with Crippen LogP contribution in [0.3, 0.4) is 0 Å². The lowest BCUT2D eigenvalue weighted by molar-refractivity contribution is 0.175. The summed E-state index contributed by atoms with van der Waals surface area (Å²) in [7, 11) is 0. The van der Waals surface area contributed by atoms with Crippen LogP contribution in [0.1, 0.15) is 51.9 Å². The molecule has 0 aromatic rings. The number of aliphatic hydroxyl groups excluding tert-OH is 1. The molecule has 0 saturated heterocycles. The zero-order valence-corrected chi connectivity index (χ0v) is 9.41. The number of hydrogen-bond acceptors (Lipinski definition) is 1. The molecule has 1 N–H and O–H groups in total. The molecule has 0 radical (unpaired) electrons. The number of allylic oxidation sites excluding steroid dienone is 2. The summed E-state index contributed by atoms with van der Waals surface area (Å²) in [6, 6.07) is 0. The molecule has 0 saturated carbocycles. The van der Waals surface area contributed by atoms with Crippen molar-refractivity contribution in [3.05, 3.63) is 12.2 Å². The van der Waals surface area contributed by atoms with E-state index < -0.39 is 0 Å². The molecule has 1 nitrogen and oxygen atoms in total. The highest BCUT2D eigenvalue weighted by Gasteiger charge is 2.19. The Labute approximate surface area is 88.2 Å². The third kappa shape index (κ3) is 3.83. The van der Waals surface area contributed by atoms with Gasteiger partial charge in [-0.05, 0) is 31.1 Å². The van der Waals surface area contributed by atoms with Crippen molar-refractivity contribution in [3.63, 3.8) is 0 Å². The minimum Gasteiger partial charge on any atom is -0.396 e. The van der Waals surface area contributed by atoms with E-state index in [-0.39, 0.29) is 0 Å². The van der Waals surface area contributed by atoms with Gasteiger partial charge in [-0.2, -0.15) is 0 Å². The number of rotatable bonds is 6. The van der Waals surface area contributed by atoms with E-state index >= 15 is 0 Å². The molecule has 1 heteroatoms. The predicted octanol–water partition coefficient (Wildman–Crippen LogP) is 3.53. The maximum absolute atomic E-state index is 9.23. The fraction of sp³-hybridized carbons (Fsp3) is 0.846. The monoisotopic (exact) mass is 196 g/mol. The van der Waals surface area contributed by atoms with Gasteiger partial charge in [-0.25, -0.2) is 0 Å². The Kier molecular flexibility index (Phi) is 5.93. The van der Waals surface area contributed by atoms with Crippen LogP contribution in [0, 0.1) is 11.8 Å². The summed E-state index contributed by atoms with van der Waals surface area (Å²) in [6.07, 6.45) is 13.6. The molecule has 0 aromatic carbocycles. The van der Waals surface area contributed by atoms with Crippen molar-refractivity contribution in [2.45, 2.75) is 51.9 Å². The highest BCUT2D eigenvalue weighted by molar-refractivity contribution is 4.96. The molecule has 82 valence electrons. The van der Waals surface area contributed by atoms with E-state index in [2.05, 4.69) is 19.1 Å². The summed E-state index contributed by atoms with van der Waals surface area (Å²) in [5.74, 6) is 1.20. The molecule has 0 heterocycles. The van der Waals surface area contributed by atoms with E-state index in [4.69, 9.17) is 0 Å². The SMILES string of the molecule is CCCCCCC1C=CCCC1CO. The predicted molar refractivity (Wildman–Crippen MR) is 61.2 cm³/mol. The van der Waals surface area contributed by atoms with Gasteiger partial charge in [0.25, 0.3) is 0 Å². The molecule has 0 bridgehead atoms. The largest absolute Gasteiger partial charge is 0.396 e. The lowest BCUT2D eigenvalue weighted by Gasteiger charge is -2.25. The molecule has 14 heavy (non-hydrogen) atoms. The minimum atomic E-state index is 0.378. The Morgan fingerprint density at radius 3 is 2.86 bits per heavy atom. The van der Waals surface area contributed by atoms with Crippen molar-refractivity contribution in [2.75, 3.05) is 6.61 Å². The van der Waals surface area contributed by atoms with Crippen LogP contribution in [0.2, 0.25) is 0 Å². The third-order valence-electron chi connectivity index (χ3n) is 3.32. The first-order chi connectivity index (χ1) is 6.88. The average molecular weight is 196 g/mol. The van der Waals surface area contributed by atoms with Gasteiger partial charge in [0.05, 0.1) is 0 Å². The van der Waals surface area contributed by atoms with Gasteiger partial charge in [-0.15, -0.1) is 0 Å². The van der Waals surface area contributed by atoms with Gasteiger partial charge in [0.15, 0.2) is 0 Å². The lowest BCUT2D eigenvalue weighted by atomic mass is 9.81. The Morgan fingerprint density at radius 1 is 1.29 bits per heavy atom. The molecule has 0 aliphatic heterocycles. The standard InChI is InChI=1S/C13H24O/c1-2-3-4-5-8-12-9-6-7-10-13(12)11-14/h6,9,12-14H,2-5,7-8,10-11H2,1H3. The summed E-state index contributed by atoms with van der Waals surface area (Å²) in [4.78, 5) is 0. The summed E-state index contributed by atoms with van der Waals surface area (Å²) in [6.45, 7) is 2.62. The van der Waals surface area contributed by atoms with Crippen LogP contribution < -0.4 is 0 Å². The van der Waals surface area contributed by atoms with Crippen molar-refractivity contribution in [1.29, 1.82) is 0 Å². The zero-order valence-electron chi connectivity index (χ0n) is 9.41. The molecular formula is C13H24O. The molecule has 1 aliphatic carbocycles. The van der Waals surface area contributed by atoms with Crippen LogP contribution in [-0.4, -0.2) is 11.7 Å². The molecule has 2 unspecified atom stereocenters. The molecular weight excluding hydrogens is 172 g/mol. The molecule has 1 rings (SSSR count). The van der Waals surface area contributed by atoms with Crippen molar-refractivity contribution < 1.29 is 5.11 Å². The van der Waals surface area contributed by atoms with Gasteiger partial charge in [-0.3, -0.25) is 0 Å². The van der Waals surface area contributed by atoms with Crippen molar-refractivity contribution in [2.24, 2.45) is 11.8 Å². The minimum absolute atomic E-state index is 0.378. The maximum atomic E-state index is 9.23. The zero-order chi connectivity index (χ0) is 10.2. The van der Waals surface area contributed by atoms with Crippen molar-refractivity contribution in [1.82, 2.24) is 0 Å². The molecule has 0 fully saturated rings. The quantitative estimate of drug-likeness (QED) is 0.509. The van der Waals surface area contributed by atoms with Crippen LogP contribution in [0.5, 0.6) is 0 Å². The smallest absolute Gasteiger partial charge is 0.0465 e. The van der Waals surface area contributed by atoms with E-state index in [0.717, 1.165) is 6.42 Å². The third-order valence-corrected chi connectivity index (χ3v) is 3.32. The first kappa shape index (κ1) is 11.8. The van der Waals surface area contributed by atoms with Crippen LogP contribution in [0.25, 0.3) is 0 Å². The van der Waals surface area contributed by atoms with Crippen LogP contribution >= 0.6 is 0 Å². The normalized spacial score (nSPS) is 26.7. The fourth-order valence-corrected chi connectivity index (χ4v) is 2.32. The Morgan fingerprint density at radius 2 is 2.14 bits per heavy atom. The first-order valence-corrected chi connectivity index (χ1v) is 6.16. The maximum Gasteiger partial charge on any atom is 0.0465 e. The second kappa shape index (κ2) is 7.05. The van der Waals surface area contributed by atoms with Crippen molar-refractivity contribution >= 4 is 0 Å². The van der Waals surface area contributed by atoms with E-state index in [0.29, 0.717) is 18.4 Å². The Bertz CT molecular complexity index is 163. The number of unbranched alkanes of at least 4 members (excludes halogenated alkanes) is 3. The molecule has 1 aliphatic rings. The summed E-state index contributed by atoms with van der Waals surface area (Å²) in [5, 5.41) is 9.23. The lowest BCUT2D eigenvalue weighted by Crippen LogP contribution is -2.19. The molecule has 0 aromatic heterocycles. The summed E-state index contributed by atoms with van der Waals surface area (Å²) < 4.78 is 0. The van der Waals surface area contributed by atoms with Crippen LogP contribution in [-0.2, 0) is 0 Å². The topological polar surface area (TPSA) is 20.2 Å². The number of hydrogen-bond donors (Lipinski definition) is 1. The van der Waals surface area contributed by atoms with Gasteiger partial charge < -0.3 is 5.11 Å². The molecule has 0 amide bonds. The summed E-state index contributed by atoms with van der Waals surface area (Å²) in [5.41, 5.74) is 0. The van der Waals surface area contributed by atoms with Gasteiger partial charge in [-0.1, -0.05) is 44.8 Å². The van der Waals surface area contributed by atoms with E-state index in [1.165, 1.54) is 38.5 Å². The van der Waals surface area contributed by atoms with Gasteiger partial charge in [0, 0.05) is 6.61 Å². The highest BCUT2D eigenvalue weighted by atomic mass is 16.3. The van der Waals surface area contributed by atoms with Crippen LogP contribution in [0.4, 0.5) is 0 Å². The number of aliphatic hydroxyl groups is 1. The van der Waals surface area contributed by atoms with Crippen LogP contribution in [0.15, 0.2) is 12.2 Å². The Hall–Kier alpha value is -0.300.